The van der Waals surface area contributed by atoms with Crippen LogP contribution in [0.4, 0.5) is 5.69 Å². The molecule has 0 aliphatic carbocycles. The second-order valence-electron chi connectivity index (χ2n) is 10.0. The molecule has 1 aromatic rings. The molecule has 0 spiro atoms. The van der Waals surface area contributed by atoms with E-state index in [9.17, 15) is 15.0 Å². The van der Waals surface area contributed by atoms with Crippen molar-refractivity contribution in [3.63, 3.8) is 0 Å². The van der Waals surface area contributed by atoms with Crippen LogP contribution in [0.2, 0.25) is 0 Å². The number of phenolic OH excluding ortho intramolecular Hbond substituents is 2. The molecule has 0 bridgehead atoms. The van der Waals surface area contributed by atoms with Gasteiger partial charge in [0.05, 0.1) is 20.1 Å². The van der Waals surface area contributed by atoms with Crippen LogP contribution in [-0.4, -0.2) is 36.1 Å². The molecule has 6 heteroatoms. The van der Waals surface area contributed by atoms with Gasteiger partial charge in [-0.25, -0.2) is 0 Å². The molecular weight excluding hydrogens is 466 g/mol. The summed E-state index contributed by atoms with van der Waals surface area (Å²) in [7, 11) is 1.50. The van der Waals surface area contributed by atoms with Crippen molar-refractivity contribution < 1.29 is 24.5 Å². The molecule has 0 heterocycles. The second kappa shape index (κ2) is 21.8. The van der Waals surface area contributed by atoms with Crippen molar-refractivity contribution in [3.05, 3.63) is 11.6 Å². The molecule has 0 unspecified atom stereocenters. The van der Waals surface area contributed by atoms with Crippen molar-refractivity contribution in [1.82, 2.24) is 0 Å². The highest BCUT2D eigenvalue weighted by Crippen LogP contribution is 2.44. The van der Waals surface area contributed by atoms with Gasteiger partial charge in [0.1, 0.15) is 11.4 Å². The summed E-state index contributed by atoms with van der Waals surface area (Å²) in [6.07, 6.45) is 22.7. The number of carbonyl (C=O) groups is 1. The Morgan fingerprint density at radius 1 is 0.838 bits per heavy atom. The molecule has 0 aliphatic rings. The lowest BCUT2D eigenvalue weighted by atomic mass is 10.0. The topological polar surface area (TPSA) is 88.4 Å². The average molecular weight is 520 g/mol. The zero-order valence-electron chi connectivity index (χ0n) is 23.9. The SMILES string of the molecule is CCCCCCCCCCCCCCCCc1c(O)c(N=CCCC(=O)OCCCC)cc(O)c1OC. The molecule has 2 N–H and O–H groups in total. The summed E-state index contributed by atoms with van der Waals surface area (Å²) < 4.78 is 10.5. The number of phenols is 2. The minimum atomic E-state index is -0.250. The van der Waals surface area contributed by atoms with Gasteiger partial charge < -0.3 is 19.7 Å². The third-order valence-electron chi connectivity index (χ3n) is 6.76. The van der Waals surface area contributed by atoms with Crippen molar-refractivity contribution >= 4 is 17.9 Å². The van der Waals surface area contributed by atoms with Crippen LogP contribution in [0.3, 0.4) is 0 Å². The Morgan fingerprint density at radius 2 is 1.38 bits per heavy atom. The molecule has 0 radical (unpaired) electrons. The van der Waals surface area contributed by atoms with Gasteiger partial charge in [0.25, 0.3) is 0 Å². The quantitative estimate of drug-likeness (QED) is 0.0652. The molecule has 0 aromatic heterocycles. The fraction of sp³-hybridized carbons (Fsp3) is 0.742. The molecule has 6 nitrogen and oxygen atoms in total. The molecule has 0 aliphatic heterocycles. The smallest absolute Gasteiger partial charge is 0.306 e. The molecule has 0 saturated carbocycles. The molecule has 37 heavy (non-hydrogen) atoms. The first kappa shape index (κ1) is 32.8. The number of carbonyl (C=O) groups excluding carboxylic acids is 1. The van der Waals surface area contributed by atoms with Crippen LogP contribution in [-0.2, 0) is 16.0 Å². The van der Waals surface area contributed by atoms with Gasteiger partial charge in [-0.2, -0.15) is 0 Å². The van der Waals surface area contributed by atoms with Gasteiger partial charge in [0.15, 0.2) is 11.5 Å². The van der Waals surface area contributed by atoms with Crippen LogP contribution >= 0.6 is 0 Å². The third-order valence-corrected chi connectivity index (χ3v) is 6.76. The van der Waals surface area contributed by atoms with Gasteiger partial charge in [-0.15, -0.1) is 0 Å². The monoisotopic (exact) mass is 519 g/mol. The zero-order valence-corrected chi connectivity index (χ0v) is 23.9. The standard InChI is InChI=1S/C31H53NO5/c1-4-6-8-9-10-11-12-13-14-15-16-17-18-19-21-26-30(35)27(25-28(33)31(26)36-3)32-23-20-22-29(34)37-24-7-5-2/h23,25,33,35H,4-22,24H2,1-3H3. The highest BCUT2D eigenvalue weighted by Gasteiger charge is 2.17. The van der Waals surface area contributed by atoms with Crippen molar-refractivity contribution in [2.45, 2.75) is 136 Å². The summed E-state index contributed by atoms with van der Waals surface area (Å²) in [5.74, 6) is 0.0590. The van der Waals surface area contributed by atoms with Crippen LogP contribution in [0.25, 0.3) is 0 Å². The Morgan fingerprint density at radius 3 is 1.92 bits per heavy atom. The van der Waals surface area contributed by atoms with E-state index >= 15 is 0 Å². The summed E-state index contributed by atoms with van der Waals surface area (Å²) in [5.41, 5.74) is 0.880. The number of esters is 1. The van der Waals surface area contributed by atoms with Crippen LogP contribution in [0.1, 0.15) is 135 Å². The minimum Gasteiger partial charge on any atom is -0.505 e. The summed E-state index contributed by atoms with van der Waals surface area (Å²) in [5, 5.41) is 21.2. The van der Waals surface area contributed by atoms with E-state index in [4.69, 9.17) is 9.47 Å². The van der Waals surface area contributed by atoms with Crippen LogP contribution in [0.15, 0.2) is 11.1 Å². The Hall–Kier alpha value is -2.24. The van der Waals surface area contributed by atoms with E-state index in [1.54, 1.807) is 6.21 Å². The maximum absolute atomic E-state index is 11.7. The fourth-order valence-electron chi connectivity index (χ4n) is 4.48. The van der Waals surface area contributed by atoms with Gasteiger partial charge >= 0.3 is 5.97 Å². The van der Waals surface area contributed by atoms with Gasteiger partial charge in [-0.3, -0.25) is 9.79 Å². The first-order chi connectivity index (χ1) is 18.0. The highest BCUT2D eigenvalue weighted by atomic mass is 16.5. The molecule has 0 fully saturated rings. The first-order valence-corrected chi connectivity index (χ1v) is 14.8. The Labute approximate surface area is 225 Å². The van der Waals surface area contributed by atoms with Gasteiger partial charge in [0, 0.05) is 17.8 Å². The third kappa shape index (κ3) is 14.9. The van der Waals surface area contributed by atoms with Crippen molar-refractivity contribution in [2.24, 2.45) is 4.99 Å². The number of hydrogen-bond donors (Lipinski definition) is 2. The van der Waals surface area contributed by atoms with E-state index in [0.717, 1.165) is 25.7 Å². The highest BCUT2D eigenvalue weighted by molar-refractivity contribution is 5.76. The number of aromatic hydroxyl groups is 2. The molecule has 212 valence electrons. The second-order valence-corrected chi connectivity index (χ2v) is 10.0. The average Bonchev–Trinajstić information content (AvgIpc) is 2.89. The number of aliphatic imine (C=N–C) groups is 1. The van der Waals surface area contributed by atoms with E-state index in [0.29, 0.717) is 30.8 Å². The van der Waals surface area contributed by atoms with Gasteiger partial charge in [-0.1, -0.05) is 104 Å². The Kier molecular flexibility index (Phi) is 19.3. The molecule has 0 amide bonds. The Bertz CT molecular complexity index is 762. The number of methoxy groups -OCH3 is 1. The predicted octanol–water partition coefficient (Wildman–Crippen LogP) is 8.96. The van der Waals surface area contributed by atoms with Crippen molar-refractivity contribution in [2.75, 3.05) is 13.7 Å². The van der Waals surface area contributed by atoms with Gasteiger partial charge in [-0.05, 0) is 25.7 Å². The number of ether oxygens (including phenoxy) is 2. The lowest BCUT2D eigenvalue weighted by Crippen LogP contribution is -2.05. The molecule has 1 aromatic carbocycles. The van der Waals surface area contributed by atoms with E-state index in [-0.39, 0.29) is 29.6 Å². The van der Waals surface area contributed by atoms with Crippen molar-refractivity contribution in [1.29, 1.82) is 0 Å². The predicted molar refractivity (Wildman–Crippen MR) is 154 cm³/mol. The van der Waals surface area contributed by atoms with Crippen LogP contribution < -0.4 is 4.74 Å². The van der Waals surface area contributed by atoms with Crippen LogP contribution in [0.5, 0.6) is 17.2 Å². The number of benzene rings is 1. The number of unbranched alkanes of at least 4 members (excludes halogenated alkanes) is 14. The van der Waals surface area contributed by atoms with Crippen LogP contribution in [0, 0.1) is 0 Å². The van der Waals surface area contributed by atoms with E-state index in [1.807, 2.05) is 6.92 Å². The number of nitrogens with zero attached hydrogens (tertiary/aromatic N) is 1. The zero-order chi connectivity index (χ0) is 27.1. The lowest BCUT2D eigenvalue weighted by Gasteiger charge is -2.14. The normalized spacial score (nSPS) is 11.3. The molecular formula is C31H53NO5. The van der Waals surface area contributed by atoms with E-state index in [1.165, 1.54) is 90.2 Å². The maximum Gasteiger partial charge on any atom is 0.306 e. The molecule has 1 rings (SSSR count). The minimum absolute atomic E-state index is 0.0334. The largest absolute Gasteiger partial charge is 0.505 e. The number of rotatable bonds is 23. The maximum atomic E-state index is 11.7. The summed E-state index contributed by atoms with van der Waals surface area (Å²) in [6.45, 7) is 4.76. The summed E-state index contributed by atoms with van der Waals surface area (Å²) in [6, 6.07) is 1.40. The van der Waals surface area contributed by atoms with E-state index in [2.05, 4.69) is 11.9 Å². The Balaban J connectivity index is 2.35. The summed E-state index contributed by atoms with van der Waals surface area (Å²) >= 11 is 0. The number of hydrogen-bond acceptors (Lipinski definition) is 6. The molecule has 0 atom stereocenters. The fourth-order valence-corrected chi connectivity index (χ4v) is 4.48. The lowest BCUT2D eigenvalue weighted by molar-refractivity contribution is -0.143. The first-order valence-electron chi connectivity index (χ1n) is 14.8. The van der Waals surface area contributed by atoms with Gasteiger partial charge in [0.2, 0.25) is 0 Å². The van der Waals surface area contributed by atoms with Crippen molar-refractivity contribution in [3.8, 4) is 17.2 Å². The van der Waals surface area contributed by atoms with E-state index < -0.39 is 0 Å². The molecule has 0 saturated heterocycles. The summed E-state index contributed by atoms with van der Waals surface area (Å²) in [4.78, 5) is 16.0.